The zero-order valence-electron chi connectivity index (χ0n) is 18.3. The van der Waals surface area contributed by atoms with Gasteiger partial charge in [-0.05, 0) is 38.1 Å². The molecule has 0 fully saturated rings. The summed E-state index contributed by atoms with van der Waals surface area (Å²) >= 11 is 0. The maximum atomic E-state index is 12.4. The first-order valence-corrected chi connectivity index (χ1v) is 9.83. The zero-order valence-corrected chi connectivity index (χ0v) is 18.3. The summed E-state index contributed by atoms with van der Waals surface area (Å²) in [6, 6.07) is 12.6. The lowest BCUT2D eigenvalue weighted by atomic mass is 10.0. The topological polar surface area (TPSA) is 77.5 Å². The summed E-state index contributed by atoms with van der Waals surface area (Å²) in [6.07, 6.45) is 0.0522. The summed E-state index contributed by atoms with van der Waals surface area (Å²) in [5, 5.41) is 10.5. The van der Waals surface area contributed by atoms with Gasteiger partial charge in [0, 0.05) is 12.6 Å². The molecule has 7 nitrogen and oxygen atoms in total. The third-order valence-electron chi connectivity index (χ3n) is 5.08. The van der Waals surface area contributed by atoms with Crippen molar-refractivity contribution in [2.75, 3.05) is 41.5 Å². The van der Waals surface area contributed by atoms with Crippen molar-refractivity contribution in [1.82, 2.24) is 4.90 Å². The molecule has 2 atom stereocenters. The number of aliphatic hydroxyl groups excluding tert-OH is 1. The van der Waals surface area contributed by atoms with Crippen LogP contribution in [0.4, 0.5) is 0 Å². The van der Waals surface area contributed by atoms with Gasteiger partial charge in [0.1, 0.15) is 0 Å². The number of carbonyl (C=O) groups is 1. The number of nitrogens with zero attached hydrogens (tertiary/aromatic N) is 1. The van der Waals surface area contributed by atoms with Crippen molar-refractivity contribution in [3.63, 3.8) is 0 Å². The molecule has 0 spiro atoms. The monoisotopic (exact) mass is 417 g/mol. The minimum Gasteiger partial charge on any atom is -0.493 e. The highest BCUT2D eigenvalue weighted by Crippen LogP contribution is 2.38. The van der Waals surface area contributed by atoms with Crippen molar-refractivity contribution >= 4 is 5.97 Å². The Balaban J connectivity index is 1.87. The molecule has 0 aliphatic heterocycles. The van der Waals surface area contributed by atoms with Gasteiger partial charge in [-0.2, -0.15) is 0 Å². The van der Waals surface area contributed by atoms with Crippen molar-refractivity contribution in [1.29, 1.82) is 0 Å². The molecule has 0 saturated heterocycles. The van der Waals surface area contributed by atoms with Crippen LogP contribution in [0.2, 0.25) is 0 Å². The van der Waals surface area contributed by atoms with Gasteiger partial charge in [0.2, 0.25) is 5.75 Å². The molecule has 0 saturated carbocycles. The van der Waals surface area contributed by atoms with E-state index in [2.05, 4.69) is 0 Å². The molecule has 164 valence electrons. The maximum absolute atomic E-state index is 12.4. The number of ether oxygens (including phenoxy) is 4. The van der Waals surface area contributed by atoms with Gasteiger partial charge >= 0.3 is 5.97 Å². The molecule has 2 unspecified atom stereocenters. The molecule has 7 heteroatoms. The summed E-state index contributed by atoms with van der Waals surface area (Å²) in [5.74, 6) is 0.748. The van der Waals surface area contributed by atoms with E-state index < -0.39 is 12.1 Å². The van der Waals surface area contributed by atoms with E-state index in [1.807, 2.05) is 49.2 Å². The number of esters is 1. The van der Waals surface area contributed by atoms with Crippen LogP contribution in [-0.2, 0) is 4.74 Å². The molecule has 2 rings (SSSR count). The number of carbonyl (C=O) groups excluding carboxylic acids is 1. The molecule has 2 aromatic rings. The van der Waals surface area contributed by atoms with Crippen LogP contribution in [0.25, 0.3) is 0 Å². The first-order valence-electron chi connectivity index (χ1n) is 9.83. The van der Waals surface area contributed by atoms with Gasteiger partial charge in [-0.15, -0.1) is 0 Å². The van der Waals surface area contributed by atoms with E-state index in [4.69, 9.17) is 18.9 Å². The highest BCUT2D eigenvalue weighted by atomic mass is 16.5. The first kappa shape index (κ1) is 23.5. The van der Waals surface area contributed by atoms with Crippen molar-refractivity contribution in [3.8, 4) is 17.2 Å². The van der Waals surface area contributed by atoms with E-state index in [0.29, 0.717) is 35.8 Å². The predicted octanol–water partition coefficient (Wildman–Crippen LogP) is 3.31. The molecule has 0 aliphatic rings. The summed E-state index contributed by atoms with van der Waals surface area (Å²) < 4.78 is 21.2. The van der Waals surface area contributed by atoms with Crippen LogP contribution in [-0.4, -0.2) is 63.5 Å². The lowest BCUT2D eigenvalue weighted by Gasteiger charge is -2.29. The molecule has 2 aromatic carbocycles. The minimum absolute atomic E-state index is 0.0711. The molecule has 0 aromatic heterocycles. The second-order valence-electron chi connectivity index (χ2n) is 6.98. The number of hydrogen-bond donors (Lipinski definition) is 1. The van der Waals surface area contributed by atoms with Crippen LogP contribution in [0.5, 0.6) is 17.2 Å². The second-order valence-corrected chi connectivity index (χ2v) is 6.98. The minimum atomic E-state index is -0.585. The van der Waals surface area contributed by atoms with Crippen LogP contribution >= 0.6 is 0 Å². The molecule has 0 aliphatic carbocycles. The summed E-state index contributed by atoms with van der Waals surface area (Å²) in [5.41, 5.74) is 1.21. The molecule has 0 heterocycles. The van der Waals surface area contributed by atoms with Crippen LogP contribution in [0.1, 0.15) is 35.4 Å². The Hall–Kier alpha value is -2.77. The Morgan fingerprint density at radius 3 is 2.17 bits per heavy atom. The molecule has 1 N–H and O–H groups in total. The van der Waals surface area contributed by atoms with E-state index in [1.165, 1.54) is 21.3 Å². The quantitative estimate of drug-likeness (QED) is 0.444. The first-order chi connectivity index (χ1) is 14.4. The van der Waals surface area contributed by atoms with Gasteiger partial charge in [0.25, 0.3) is 0 Å². The number of aliphatic hydroxyl groups is 1. The van der Waals surface area contributed by atoms with Gasteiger partial charge in [-0.1, -0.05) is 30.3 Å². The number of hydrogen-bond acceptors (Lipinski definition) is 7. The Bertz CT molecular complexity index is 786. The number of rotatable bonds is 11. The molecule has 0 bridgehead atoms. The normalized spacial score (nSPS) is 12.9. The fourth-order valence-electron chi connectivity index (χ4n) is 3.13. The Labute approximate surface area is 178 Å². The lowest BCUT2D eigenvalue weighted by Crippen LogP contribution is -2.35. The smallest absolute Gasteiger partial charge is 0.338 e. The van der Waals surface area contributed by atoms with Crippen LogP contribution in [0.3, 0.4) is 0 Å². The maximum Gasteiger partial charge on any atom is 0.338 e. The predicted molar refractivity (Wildman–Crippen MR) is 114 cm³/mol. The van der Waals surface area contributed by atoms with Crippen molar-refractivity contribution < 1.29 is 28.8 Å². The van der Waals surface area contributed by atoms with Crippen LogP contribution in [0, 0.1) is 0 Å². The Morgan fingerprint density at radius 1 is 1.03 bits per heavy atom. The fourth-order valence-corrected chi connectivity index (χ4v) is 3.13. The van der Waals surface area contributed by atoms with Crippen molar-refractivity contribution in [3.05, 3.63) is 53.6 Å². The summed E-state index contributed by atoms with van der Waals surface area (Å²) in [6.45, 7) is 2.90. The van der Waals surface area contributed by atoms with Crippen LogP contribution in [0.15, 0.2) is 42.5 Å². The second kappa shape index (κ2) is 11.4. The van der Waals surface area contributed by atoms with E-state index in [-0.39, 0.29) is 12.6 Å². The highest BCUT2D eigenvalue weighted by Gasteiger charge is 2.21. The Kier molecular flexibility index (Phi) is 8.95. The van der Waals surface area contributed by atoms with E-state index >= 15 is 0 Å². The van der Waals surface area contributed by atoms with Gasteiger partial charge < -0.3 is 29.0 Å². The average Bonchev–Trinajstić information content (AvgIpc) is 2.79. The van der Waals surface area contributed by atoms with Gasteiger partial charge in [-0.25, -0.2) is 4.79 Å². The molecule has 30 heavy (non-hydrogen) atoms. The zero-order chi connectivity index (χ0) is 22.1. The van der Waals surface area contributed by atoms with E-state index in [0.717, 1.165) is 5.56 Å². The van der Waals surface area contributed by atoms with E-state index in [1.54, 1.807) is 12.1 Å². The van der Waals surface area contributed by atoms with Crippen molar-refractivity contribution in [2.45, 2.75) is 25.5 Å². The lowest BCUT2D eigenvalue weighted by molar-refractivity contribution is 0.0443. The van der Waals surface area contributed by atoms with Crippen LogP contribution < -0.4 is 14.2 Å². The van der Waals surface area contributed by atoms with E-state index in [9.17, 15) is 9.90 Å². The molecular formula is C23H31NO6. The Morgan fingerprint density at radius 2 is 1.63 bits per heavy atom. The molecule has 0 amide bonds. The summed E-state index contributed by atoms with van der Waals surface area (Å²) in [4.78, 5) is 14.5. The standard InChI is InChI=1S/C23H31NO6/c1-16(21(25)17-10-7-6-8-11-17)24(2)12-9-13-30-23(26)18-14-19(27-3)22(29-5)20(15-18)28-4/h6-8,10-11,14-16,21,25H,9,12-13H2,1-5H3. The third kappa shape index (κ3) is 5.87. The fraction of sp³-hybridized carbons (Fsp3) is 0.435. The highest BCUT2D eigenvalue weighted by molar-refractivity contribution is 5.91. The summed E-state index contributed by atoms with van der Waals surface area (Å²) in [7, 11) is 6.43. The number of methoxy groups -OCH3 is 3. The van der Waals surface area contributed by atoms with Crippen molar-refractivity contribution in [2.24, 2.45) is 0 Å². The third-order valence-corrected chi connectivity index (χ3v) is 5.08. The van der Waals surface area contributed by atoms with Gasteiger partial charge in [0.05, 0.1) is 39.6 Å². The molecule has 0 radical (unpaired) electrons. The number of likely N-dealkylation sites (N-methyl/N-ethyl adjacent to an activating group) is 1. The van der Waals surface area contributed by atoms with Gasteiger partial charge in [0.15, 0.2) is 11.5 Å². The molecular weight excluding hydrogens is 386 g/mol. The number of benzene rings is 2. The van der Waals surface area contributed by atoms with Gasteiger partial charge in [-0.3, -0.25) is 0 Å². The largest absolute Gasteiger partial charge is 0.493 e. The average molecular weight is 418 g/mol. The SMILES string of the molecule is COc1cc(C(=O)OCCCN(C)C(C)C(O)c2ccccc2)cc(OC)c1OC.